The van der Waals surface area contributed by atoms with Gasteiger partial charge in [-0.25, -0.2) is 4.79 Å². The molecular formula is C20H41NO2. The lowest BCUT2D eigenvalue weighted by Crippen LogP contribution is -2.09. The number of rotatable bonds is 14. The molecule has 0 aromatic carbocycles. The molecule has 0 aliphatic rings. The minimum atomic E-state index is -0.258. The van der Waals surface area contributed by atoms with Gasteiger partial charge in [0.15, 0.2) is 0 Å². The number of hydrogen-bond donors (Lipinski definition) is 1. The van der Waals surface area contributed by atoms with Crippen LogP contribution in [-0.2, 0) is 9.53 Å². The molecule has 0 aliphatic heterocycles. The second-order valence-corrected chi connectivity index (χ2v) is 6.06. The van der Waals surface area contributed by atoms with Gasteiger partial charge in [-0.1, -0.05) is 85.1 Å². The Kier molecular flexibility index (Phi) is 22.5. The van der Waals surface area contributed by atoms with Crippen LogP contribution in [0.2, 0.25) is 0 Å². The molecule has 0 saturated carbocycles. The first-order valence-corrected chi connectivity index (χ1v) is 9.63. The summed E-state index contributed by atoms with van der Waals surface area (Å²) in [6, 6.07) is 0. The second kappa shape index (κ2) is 21.2. The Bertz CT molecular complexity index is 262. The maximum Gasteiger partial charge on any atom is 0.333 e. The van der Waals surface area contributed by atoms with Crippen molar-refractivity contribution < 1.29 is 9.53 Å². The van der Waals surface area contributed by atoms with E-state index in [1.807, 2.05) is 0 Å². The summed E-state index contributed by atoms with van der Waals surface area (Å²) in [6.45, 7) is 14.4. The first-order valence-electron chi connectivity index (χ1n) is 9.63. The van der Waals surface area contributed by atoms with E-state index in [1.165, 1.54) is 57.8 Å². The molecule has 23 heavy (non-hydrogen) atoms. The molecule has 0 spiro atoms. The lowest BCUT2D eigenvalue weighted by molar-refractivity contribution is -0.139. The molecule has 0 radical (unpaired) electrons. The molecule has 0 aliphatic carbocycles. The zero-order valence-electron chi connectivity index (χ0n) is 16.2. The van der Waals surface area contributed by atoms with Crippen molar-refractivity contribution in [3.8, 4) is 0 Å². The molecule has 0 amide bonds. The van der Waals surface area contributed by atoms with Crippen LogP contribution in [0.15, 0.2) is 12.2 Å². The number of esters is 1. The zero-order chi connectivity index (χ0) is 17.8. The minimum absolute atomic E-state index is 0.258. The van der Waals surface area contributed by atoms with Gasteiger partial charge in [-0.15, -0.1) is 0 Å². The van der Waals surface area contributed by atoms with Crippen molar-refractivity contribution in [2.75, 3.05) is 19.7 Å². The molecule has 1 N–H and O–H groups in total. The summed E-state index contributed by atoms with van der Waals surface area (Å²) in [4.78, 5) is 11.1. The predicted molar refractivity (Wildman–Crippen MR) is 102 cm³/mol. The molecule has 0 bridgehead atoms. The maximum absolute atomic E-state index is 11.1. The fourth-order valence-corrected chi connectivity index (χ4v) is 2.13. The number of carbonyl (C=O) groups is 1. The highest BCUT2D eigenvalue weighted by atomic mass is 16.5. The first-order chi connectivity index (χ1) is 11.1. The largest absolute Gasteiger partial charge is 0.462 e. The molecule has 0 aromatic heterocycles. The monoisotopic (exact) mass is 327 g/mol. The van der Waals surface area contributed by atoms with E-state index in [9.17, 15) is 4.79 Å². The van der Waals surface area contributed by atoms with E-state index in [4.69, 9.17) is 4.74 Å². The van der Waals surface area contributed by atoms with E-state index in [2.05, 4.69) is 32.7 Å². The maximum atomic E-state index is 11.1. The van der Waals surface area contributed by atoms with Crippen LogP contribution in [0.1, 0.15) is 91.9 Å². The van der Waals surface area contributed by atoms with Gasteiger partial charge < -0.3 is 10.1 Å². The molecule has 0 rings (SSSR count). The van der Waals surface area contributed by atoms with Gasteiger partial charge >= 0.3 is 5.97 Å². The number of carbonyl (C=O) groups excluding carboxylic acids is 1. The van der Waals surface area contributed by atoms with Crippen molar-refractivity contribution in [2.45, 2.75) is 91.9 Å². The van der Waals surface area contributed by atoms with Crippen LogP contribution in [-0.4, -0.2) is 25.7 Å². The molecule has 0 saturated heterocycles. The van der Waals surface area contributed by atoms with Gasteiger partial charge in [0.25, 0.3) is 0 Å². The summed E-state index contributed by atoms with van der Waals surface area (Å²) in [5.74, 6) is -0.258. The van der Waals surface area contributed by atoms with E-state index >= 15 is 0 Å². The van der Waals surface area contributed by atoms with E-state index in [1.54, 1.807) is 6.92 Å². The van der Waals surface area contributed by atoms with Crippen molar-refractivity contribution in [1.29, 1.82) is 0 Å². The smallest absolute Gasteiger partial charge is 0.333 e. The molecular weight excluding hydrogens is 286 g/mol. The highest BCUT2D eigenvalue weighted by Crippen LogP contribution is 2.10. The summed E-state index contributed by atoms with van der Waals surface area (Å²) in [7, 11) is 0. The number of ether oxygens (including phenoxy) is 1. The van der Waals surface area contributed by atoms with E-state index in [-0.39, 0.29) is 5.97 Å². The SMILES string of the molecule is C=C(C)C(=O)OCCCCCCCCCCCC.CCNCC. The number of unbranched alkanes of at least 4 members (excludes halogenated alkanes) is 9. The molecule has 0 heterocycles. The summed E-state index contributed by atoms with van der Waals surface area (Å²) >= 11 is 0. The van der Waals surface area contributed by atoms with Gasteiger partial charge in [-0.3, -0.25) is 0 Å². The predicted octanol–water partition coefficient (Wildman–Crippen LogP) is 5.64. The molecule has 0 unspecified atom stereocenters. The lowest BCUT2D eigenvalue weighted by atomic mass is 10.1. The molecule has 0 atom stereocenters. The third-order valence-electron chi connectivity index (χ3n) is 3.58. The minimum Gasteiger partial charge on any atom is -0.462 e. The van der Waals surface area contributed by atoms with Crippen molar-refractivity contribution in [3.63, 3.8) is 0 Å². The van der Waals surface area contributed by atoms with Gasteiger partial charge in [-0.2, -0.15) is 0 Å². The lowest BCUT2D eigenvalue weighted by Gasteiger charge is -2.04. The average Bonchev–Trinajstić information content (AvgIpc) is 2.53. The Morgan fingerprint density at radius 3 is 1.61 bits per heavy atom. The topological polar surface area (TPSA) is 38.3 Å². The highest BCUT2D eigenvalue weighted by Gasteiger charge is 2.01. The molecule has 0 fully saturated rings. The summed E-state index contributed by atoms with van der Waals surface area (Å²) < 4.78 is 5.04. The van der Waals surface area contributed by atoms with E-state index in [0.29, 0.717) is 12.2 Å². The standard InChI is InChI=1S/C16H30O2.C4H11N/c1-4-5-6-7-8-9-10-11-12-13-14-18-16(17)15(2)3;1-3-5-4-2/h2,4-14H2,1,3H3;5H,3-4H2,1-2H3. The first kappa shape index (κ1) is 24.4. The Hall–Kier alpha value is -0.830. The van der Waals surface area contributed by atoms with E-state index < -0.39 is 0 Å². The van der Waals surface area contributed by atoms with Gasteiger partial charge in [0.05, 0.1) is 6.61 Å². The van der Waals surface area contributed by atoms with E-state index in [0.717, 1.165) is 19.5 Å². The molecule has 138 valence electrons. The van der Waals surface area contributed by atoms with Gasteiger partial charge in [0.1, 0.15) is 0 Å². The number of hydrogen-bond acceptors (Lipinski definition) is 3. The fraction of sp³-hybridized carbons (Fsp3) is 0.850. The van der Waals surface area contributed by atoms with Crippen molar-refractivity contribution in [3.05, 3.63) is 12.2 Å². The Morgan fingerprint density at radius 1 is 0.826 bits per heavy atom. The Labute approximate surface area is 145 Å². The van der Waals surface area contributed by atoms with Crippen LogP contribution >= 0.6 is 0 Å². The van der Waals surface area contributed by atoms with Crippen LogP contribution in [0.4, 0.5) is 0 Å². The Balaban J connectivity index is 0. The van der Waals surface area contributed by atoms with Crippen molar-refractivity contribution in [2.24, 2.45) is 0 Å². The summed E-state index contributed by atoms with van der Waals surface area (Å²) in [5, 5.41) is 3.11. The summed E-state index contributed by atoms with van der Waals surface area (Å²) in [6.07, 6.45) is 13.0. The van der Waals surface area contributed by atoms with Crippen LogP contribution in [0, 0.1) is 0 Å². The van der Waals surface area contributed by atoms with Crippen molar-refractivity contribution in [1.82, 2.24) is 5.32 Å². The van der Waals surface area contributed by atoms with Gasteiger partial charge in [-0.05, 0) is 26.4 Å². The average molecular weight is 328 g/mol. The molecule has 0 aromatic rings. The molecule has 3 heteroatoms. The summed E-state index contributed by atoms with van der Waals surface area (Å²) in [5.41, 5.74) is 0.488. The fourth-order valence-electron chi connectivity index (χ4n) is 2.13. The van der Waals surface area contributed by atoms with Crippen molar-refractivity contribution >= 4 is 5.97 Å². The molecule has 3 nitrogen and oxygen atoms in total. The van der Waals surface area contributed by atoms with Crippen LogP contribution in [0.3, 0.4) is 0 Å². The van der Waals surface area contributed by atoms with Gasteiger partial charge in [0, 0.05) is 5.57 Å². The zero-order valence-corrected chi connectivity index (χ0v) is 16.2. The number of nitrogens with one attached hydrogen (secondary N) is 1. The van der Waals surface area contributed by atoms with Crippen LogP contribution in [0.25, 0.3) is 0 Å². The highest BCUT2D eigenvalue weighted by molar-refractivity contribution is 5.86. The quantitative estimate of drug-likeness (QED) is 0.255. The van der Waals surface area contributed by atoms with Crippen LogP contribution in [0.5, 0.6) is 0 Å². The third kappa shape index (κ3) is 23.6. The third-order valence-corrected chi connectivity index (χ3v) is 3.58. The second-order valence-electron chi connectivity index (χ2n) is 6.06. The normalized spacial score (nSPS) is 9.91. The van der Waals surface area contributed by atoms with Crippen LogP contribution < -0.4 is 5.32 Å². The Morgan fingerprint density at radius 2 is 1.26 bits per heavy atom. The van der Waals surface area contributed by atoms with Gasteiger partial charge in [0.2, 0.25) is 0 Å².